The summed E-state index contributed by atoms with van der Waals surface area (Å²) in [6.07, 6.45) is 2.45. The number of carbonyl (C=O) groups excluding carboxylic acids is 1. The fourth-order valence-corrected chi connectivity index (χ4v) is 3.49. The highest BCUT2D eigenvalue weighted by Crippen LogP contribution is 2.38. The number of carbonyl (C=O) groups is 1. The molecule has 7 heteroatoms. The number of rotatable bonds is 7. The highest BCUT2D eigenvalue weighted by molar-refractivity contribution is 6.33. The van der Waals surface area contributed by atoms with E-state index in [4.69, 9.17) is 16.3 Å². The number of hydrogen-bond donors (Lipinski definition) is 2. The monoisotopic (exact) mass is 358 g/mol. The summed E-state index contributed by atoms with van der Waals surface area (Å²) in [6.45, 7) is 3.10. The number of ether oxygens (including phenoxy) is 1. The molecule has 1 aliphatic heterocycles. The Morgan fingerprint density at radius 1 is 1.58 bits per heavy atom. The van der Waals surface area contributed by atoms with Gasteiger partial charge in [-0.15, -0.1) is 0 Å². The number of hydrogen-bond acceptors (Lipinski definition) is 4. The Hall–Kier alpha value is -1.53. The number of nitrogens with zero attached hydrogens (tertiary/aromatic N) is 1. The molecule has 1 aromatic rings. The van der Waals surface area contributed by atoms with Crippen molar-refractivity contribution in [2.45, 2.75) is 32.2 Å². The average molecular weight is 359 g/mol. The van der Waals surface area contributed by atoms with Gasteiger partial charge in [-0.1, -0.05) is 18.5 Å². The maximum atomic E-state index is 12.6. The van der Waals surface area contributed by atoms with Crippen molar-refractivity contribution in [2.24, 2.45) is 0 Å². The third-order valence-corrected chi connectivity index (χ3v) is 4.75. The van der Waals surface area contributed by atoms with E-state index in [1.54, 1.807) is 6.07 Å². The summed E-state index contributed by atoms with van der Waals surface area (Å²) in [7, 11) is 1.41. The maximum absolute atomic E-state index is 12.6. The molecule has 0 aliphatic carbocycles. The third-order valence-electron chi connectivity index (χ3n) is 4.47. The van der Waals surface area contributed by atoms with Crippen molar-refractivity contribution in [3.05, 3.63) is 22.2 Å². The number of likely N-dealkylation sites (tertiary alicyclic amines) is 1. The lowest BCUT2D eigenvalue weighted by Crippen LogP contribution is -2.41. The van der Waals surface area contributed by atoms with Crippen molar-refractivity contribution in [3.8, 4) is 11.5 Å². The zero-order valence-electron chi connectivity index (χ0n) is 14.1. The van der Waals surface area contributed by atoms with Gasteiger partial charge in [-0.05, 0) is 37.4 Å². The van der Waals surface area contributed by atoms with Gasteiger partial charge in [0.1, 0.15) is 18.0 Å². The number of aromatic hydroxyl groups is 1. The van der Waals surface area contributed by atoms with Crippen LogP contribution >= 0.6 is 11.6 Å². The highest BCUT2D eigenvalue weighted by Gasteiger charge is 2.27. The quantitative estimate of drug-likeness (QED) is 0.786. The first-order chi connectivity index (χ1) is 11.5. The molecule has 1 atom stereocenters. The second-order valence-corrected chi connectivity index (χ2v) is 6.27. The average Bonchev–Trinajstić information content (AvgIpc) is 3.01. The van der Waals surface area contributed by atoms with Crippen LogP contribution in [-0.4, -0.2) is 55.4 Å². The van der Waals surface area contributed by atoms with Crippen LogP contribution in [0.25, 0.3) is 0 Å². The molecule has 1 heterocycles. The number of phenols is 1. The number of nitrogens with one attached hydrogen (secondary N) is 1. The van der Waals surface area contributed by atoms with Gasteiger partial charge in [0.05, 0.1) is 12.1 Å². The molecular weight excluding hydrogens is 335 g/mol. The smallest absolute Gasteiger partial charge is 0.258 e. The Morgan fingerprint density at radius 3 is 2.96 bits per heavy atom. The minimum absolute atomic E-state index is 0.0527. The Kier molecular flexibility index (Phi) is 6.69. The number of aryl methyl sites for hydroxylation is 1. The second kappa shape index (κ2) is 8.53. The fraction of sp³-hybridized carbons (Fsp3) is 0.588. The topological polar surface area (TPSA) is 61.8 Å². The first kappa shape index (κ1) is 18.8. The van der Waals surface area contributed by atoms with Crippen LogP contribution in [0.3, 0.4) is 0 Å². The van der Waals surface area contributed by atoms with Crippen LogP contribution in [0.4, 0.5) is 4.39 Å². The molecule has 1 amide bonds. The molecule has 2 rings (SSSR count). The minimum Gasteiger partial charge on any atom is -0.507 e. The summed E-state index contributed by atoms with van der Waals surface area (Å²) >= 11 is 6.16. The van der Waals surface area contributed by atoms with Gasteiger partial charge in [0.2, 0.25) is 0 Å². The normalized spacial score (nSPS) is 17.9. The second-order valence-electron chi connectivity index (χ2n) is 5.86. The van der Waals surface area contributed by atoms with Crippen LogP contribution in [-0.2, 0) is 6.42 Å². The number of alkyl halides is 1. The van der Waals surface area contributed by atoms with Crippen LogP contribution in [0.5, 0.6) is 11.5 Å². The molecule has 1 saturated heterocycles. The SMILES string of the molecule is CCc1cc(Cl)c(OC)c(C(=O)NC[C@@H]2CCCN2CCF)c1O. The first-order valence-corrected chi connectivity index (χ1v) is 8.57. The summed E-state index contributed by atoms with van der Waals surface area (Å²) in [5.41, 5.74) is 0.641. The van der Waals surface area contributed by atoms with Crippen LogP contribution < -0.4 is 10.1 Å². The standard InChI is InChI=1S/C17H24ClFN2O3/c1-3-11-9-13(18)16(24-2)14(15(11)22)17(23)20-10-12-5-4-7-21(12)8-6-19/h9,12,22H,3-8,10H2,1-2H3,(H,20,23)/t12-/m0/s1. The Labute approximate surface area is 146 Å². The third kappa shape index (κ3) is 3.92. The molecule has 0 aromatic heterocycles. The Balaban J connectivity index is 2.16. The van der Waals surface area contributed by atoms with Gasteiger partial charge in [0.25, 0.3) is 5.91 Å². The van der Waals surface area contributed by atoms with E-state index in [-0.39, 0.29) is 28.1 Å². The van der Waals surface area contributed by atoms with E-state index in [1.165, 1.54) is 7.11 Å². The Morgan fingerprint density at radius 2 is 2.33 bits per heavy atom. The van der Waals surface area contributed by atoms with E-state index >= 15 is 0 Å². The number of benzene rings is 1. The van der Waals surface area contributed by atoms with Crippen LogP contribution in [0.2, 0.25) is 5.02 Å². The first-order valence-electron chi connectivity index (χ1n) is 8.20. The number of halogens is 2. The molecule has 0 bridgehead atoms. The molecule has 24 heavy (non-hydrogen) atoms. The fourth-order valence-electron chi connectivity index (χ4n) is 3.18. The van der Waals surface area contributed by atoms with Gasteiger partial charge in [0.15, 0.2) is 5.75 Å². The molecule has 134 valence electrons. The summed E-state index contributed by atoms with van der Waals surface area (Å²) < 4.78 is 17.8. The van der Waals surface area contributed by atoms with Gasteiger partial charge in [-0.25, -0.2) is 4.39 Å². The van der Waals surface area contributed by atoms with Crippen molar-refractivity contribution in [3.63, 3.8) is 0 Å². The molecule has 1 aliphatic rings. The van der Waals surface area contributed by atoms with Gasteiger partial charge < -0.3 is 15.2 Å². The molecule has 0 saturated carbocycles. The minimum atomic E-state index is -0.436. The lowest BCUT2D eigenvalue weighted by atomic mass is 10.0. The van der Waals surface area contributed by atoms with Crippen molar-refractivity contribution >= 4 is 17.5 Å². The lowest BCUT2D eigenvalue weighted by Gasteiger charge is -2.23. The van der Waals surface area contributed by atoms with E-state index in [0.717, 1.165) is 19.4 Å². The van der Waals surface area contributed by atoms with E-state index in [9.17, 15) is 14.3 Å². The maximum Gasteiger partial charge on any atom is 0.258 e. The lowest BCUT2D eigenvalue weighted by molar-refractivity contribution is 0.0934. The van der Waals surface area contributed by atoms with E-state index < -0.39 is 12.6 Å². The predicted octanol–water partition coefficient (Wildman–Crippen LogP) is 2.78. The number of amides is 1. The van der Waals surface area contributed by atoms with Crippen molar-refractivity contribution in [1.82, 2.24) is 10.2 Å². The zero-order valence-corrected chi connectivity index (χ0v) is 14.8. The molecule has 1 aromatic carbocycles. The molecule has 0 spiro atoms. The van der Waals surface area contributed by atoms with Gasteiger partial charge in [0, 0.05) is 19.1 Å². The van der Waals surface area contributed by atoms with Crippen molar-refractivity contribution < 1.29 is 19.0 Å². The summed E-state index contributed by atoms with van der Waals surface area (Å²) in [5.74, 6) is -0.382. The van der Waals surface area contributed by atoms with Gasteiger partial charge in [-0.3, -0.25) is 9.69 Å². The van der Waals surface area contributed by atoms with Crippen LogP contribution in [0.1, 0.15) is 35.7 Å². The number of methoxy groups -OCH3 is 1. The van der Waals surface area contributed by atoms with Crippen LogP contribution in [0.15, 0.2) is 6.07 Å². The molecule has 2 N–H and O–H groups in total. The van der Waals surface area contributed by atoms with E-state index in [0.29, 0.717) is 25.1 Å². The van der Waals surface area contributed by atoms with E-state index in [1.807, 2.05) is 11.8 Å². The van der Waals surface area contributed by atoms with Gasteiger partial charge >= 0.3 is 0 Å². The Bertz CT molecular complexity index is 598. The molecular formula is C17H24ClFN2O3. The molecule has 5 nitrogen and oxygen atoms in total. The zero-order chi connectivity index (χ0) is 17.7. The van der Waals surface area contributed by atoms with Crippen LogP contribution in [0, 0.1) is 0 Å². The number of phenolic OH excluding ortho intramolecular Hbond substituents is 1. The largest absolute Gasteiger partial charge is 0.507 e. The molecule has 0 unspecified atom stereocenters. The molecule has 1 fully saturated rings. The predicted molar refractivity (Wildman–Crippen MR) is 92.0 cm³/mol. The molecule has 0 radical (unpaired) electrons. The van der Waals surface area contributed by atoms with Crippen molar-refractivity contribution in [1.29, 1.82) is 0 Å². The summed E-state index contributed by atoms with van der Waals surface area (Å²) in [6, 6.07) is 1.72. The van der Waals surface area contributed by atoms with E-state index in [2.05, 4.69) is 5.32 Å². The summed E-state index contributed by atoms with van der Waals surface area (Å²) in [5, 5.41) is 13.5. The van der Waals surface area contributed by atoms with Crippen molar-refractivity contribution in [2.75, 3.05) is 33.4 Å². The highest BCUT2D eigenvalue weighted by atomic mass is 35.5. The van der Waals surface area contributed by atoms with Gasteiger partial charge in [-0.2, -0.15) is 0 Å². The summed E-state index contributed by atoms with van der Waals surface area (Å²) in [4.78, 5) is 14.6.